The minimum Gasteiger partial charge on any atom is -0.346 e. The molecule has 0 saturated heterocycles. The average molecular weight is 166 g/mol. The molecular weight excluding hydrogens is 148 g/mol. The van der Waals surface area contributed by atoms with Crippen molar-refractivity contribution in [3.63, 3.8) is 0 Å². The minimum atomic E-state index is 1.08. The number of aromatic nitrogens is 2. The first-order valence-electron chi connectivity index (χ1n) is 4.90. The van der Waals surface area contributed by atoms with E-state index in [1.807, 2.05) is 20.8 Å². The predicted molar refractivity (Wildman–Crippen MR) is 51.3 cm³/mol. The van der Waals surface area contributed by atoms with E-state index < -0.39 is 0 Å². The highest BCUT2D eigenvalue weighted by atomic mass is 14.9. The lowest BCUT2D eigenvalue weighted by Crippen LogP contribution is -2.00. The van der Waals surface area contributed by atoms with Crippen LogP contribution < -0.4 is 0 Å². The van der Waals surface area contributed by atoms with E-state index in [1.165, 1.54) is 37.1 Å². The SMILES string of the molecule is CC.Cc1nc2c([nH]1)CCCC2. The van der Waals surface area contributed by atoms with Crippen molar-refractivity contribution in [3.05, 3.63) is 17.2 Å². The number of imidazole rings is 1. The molecule has 0 aliphatic heterocycles. The Bertz CT molecular complexity index is 214. The summed E-state index contributed by atoms with van der Waals surface area (Å²) < 4.78 is 0. The summed E-state index contributed by atoms with van der Waals surface area (Å²) in [5.74, 6) is 1.08. The Morgan fingerprint density at radius 1 is 1.17 bits per heavy atom. The molecule has 1 heterocycles. The molecule has 1 aliphatic rings. The van der Waals surface area contributed by atoms with Crippen molar-refractivity contribution in [1.82, 2.24) is 9.97 Å². The second kappa shape index (κ2) is 4.29. The van der Waals surface area contributed by atoms with Gasteiger partial charge in [-0.3, -0.25) is 0 Å². The first-order valence-corrected chi connectivity index (χ1v) is 4.90. The summed E-state index contributed by atoms with van der Waals surface area (Å²) in [4.78, 5) is 7.68. The zero-order chi connectivity index (χ0) is 8.97. The summed E-state index contributed by atoms with van der Waals surface area (Å²) in [6, 6.07) is 0. The number of hydrogen-bond donors (Lipinski definition) is 1. The highest BCUT2D eigenvalue weighted by molar-refractivity contribution is 5.16. The van der Waals surface area contributed by atoms with Gasteiger partial charge in [0, 0.05) is 5.69 Å². The Morgan fingerprint density at radius 2 is 1.83 bits per heavy atom. The van der Waals surface area contributed by atoms with Crippen molar-refractivity contribution >= 4 is 0 Å². The van der Waals surface area contributed by atoms with Crippen LogP contribution in [0.3, 0.4) is 0 Å². The number of nitrogens with one attached hydrogen (secondary N) is 1. The van der Waals surface area contributed by atoms with Crippen molar-refractivity contribution in [2.75, 3.05) is 0 Å². The third kappa shape index (κ3) is 1.87. The molecule has 0 radical (unpaired) electrons. The van der Waals surface area contributed by atoms with Crippen molar-refractivity contribution < 1.29 is 0 Å². The molecule has 2 nitrogen and oxygen atoms in total. The summed E-state index contributed by atoms with van der Waals surface area (Å²) in [5, 5.41) is 0. The van der Waals surface area contributed by atoms with Crippen LogP contribution in [-0.4, -0.2) is 9.97 Å². The van der Waals surface area contributed by atoms with Crippen molar-refractivity contribution in [3.8, 4) is 0 Å². The van der Waals surface area contributed by atoms with Gasteiger partial charge in [-0.15, -0.1) is 0 Å². The van der Waals surface area contributed by atoms with Crippen LogP contribution in [0.1, 0.15) is 43.9 Å². The molecule has 0 aromatic carbocycles. The normalized spacial score (nSPS) is 14.6. The highest BCUT2D eigenvalue weighted by Gasteiger charge is 2.11. The summed E-state index contributed by atoms with van der Waals surface area (Å²) in [6.07, 6.45) is 5.03. The zero-order valence-corrected chi connectivity index (χ0v) is 8.28. The fourth-order valence-corrected chi connectivity index (χ4v) is 1.60. The van der Waals surface area contributed by atoms with Crippen molar-refractivity contribution in [1.29, 1.82) is 0 Å². The molecule has 1 aliphatic carbocycles. The lowest BCUT2D eigenvalue weighted by atomic mass is 10.0. The van der Waals surface area contributed by atoms with Crippen molar-refractivity contribution in [2.45, 2.75) is 46.5 Å². The fraction of sp³-hybridized carbons (Fsp3) is 0.700. The second-order valence-electron chi connectivity index (χ2n) is 2.95. The minimum absolute atomic E-state index is 1.08. The number of aryl methyl sites for hydroxylation is 3. The number of aromatic amines is 1. The molecule has 0 fully saturated rings. The van der Waals surface area contributed by atoms with Crippen LogP contribution in [0.25, 0.3) is 0 Å². The Labute approximate surface area is 74.4 Å². The van der Waals surface area contributed by atoms with Gasteiger partial charge >= 0.3 is 0 Å². The van der Waals surface area contributed by atoms with Gasteiger partial charge < -0.3 is 4.98 Å². The first-order chi connectivity index (χ1) is 5.86. The number of H-pyrrole nitrogens is 1. The molecule has 0 unspecified atom stereocenters. The predicted octanol–water partition coefficient (Wildman–Crippen LogP) is 2.62. The highest BCUT2D eigenvalue weighted by Crippen LogP contribution is 2.17. The van der Waals surface area contributed by atoms with Gasteiger partial charge in [-0.05, 0) is 32.6 Å². The fourth-order valence-electron chi connectivity index (χ4n) is 1.60. The maximum Gasteiger partial charge on any atom is 0.103 e. The van der Waals surface area contributed by atoms with Crippen LogP contribution in [0.5, 0.6) is 0 Å². The van der Waals surface area contributed by atoms with Gasteiger partial charge in [0.05, 0.1) is 5.69 Å². The summed E-state index contributed by atoms with van der Waals surface area (Å²) in [6.45, 7) is 6.03. The molecule has 0 bridgehead atoms. The van der Waals surface area contributed by atoms with Gasteiger partial charge in [-0.1, -0.05) is 13.8 Å². The van der Waals surface area contributed by atoms with Gasteiger partial charge in [0.1, 0.15) is 5.82 Å². The standard InChI is InChI=1S/C8H12N2.C2H6/c1-6-9-7-4-2-3-5-8(7)10-6;1-2/h2-5H2,1H3,(H,9,10);1-2H3. The zero-order valence-electron chi connectivity index (χ0n) is 8.28. The van der Waals surface area contributed by atoms with Gasteiger partial charge in [-0.2, -0.15) is 0 Å². The lowest BCUT2D eigenvalue weighted by molar-refractivity contribution is 0.667. The van der Waals surface area contributed by atoms with Crippen LogP contribution in [0.2, 0.25) is 0 Å². The molecule has 68 valence electrons. The maximum absolute atomic E-state index is 4.40. The van der Waals surface area contributed by atoms with E-state index in [4.69, 9.17) is 0 Å². The third-order valence-corrected chi connectivity index (χ3v) is 2.07. The number of nitrogens with zero attached hydrogens (tertiary/aromatic N) is 1. The summed E-state index contributed by atoms with van der Waals surface area (Å²) in [7, 11) is 0. The smallest absolute Gasteiger partial charge is 0.103 e. The summed E-state index contributed by atoms with van der Waals surface area (Å²) in [5.41, 5.74) is 2.69. The molecule has 0 amide bonds. The third-order valence-electron chi connectivity index (χ3n) is 2.07. The Hall–Kier alpha value is -0.790. The Kier molecular flexibility index (Phi) is 3.32. The van der Waals surface area contributed by atoms with E-state index in [-0.39, 0.29) is 0 Å². The number of hydrogen-bond acceptors (Lipinski definition) is 1. The largest absolute Gasteiger partial charge is 0.346 e. The van der Waals surface area contributed by atoms with E-state index >= 15 is 0 Å². The van der Waals surface area contributed by atoms with E-state index in [0.29, 0.717) is 0 Å². The first kappa shape index (κ1) is 9.30. The lowest BCUT2D eigenvalue weighted by Gasteiger charge is -2.07. The van der Waals surface area contributed by atoms with Crippen LogP contribution in [-0.2, 0) is 12.8 Å². The van der Waals surface area contributed by atoms with E-state index in [2.05, 4.69) is 9.97 Å². The molecule has 0 saturated carbocycles. The average Bonchev–Trinajstić information content (AvgIpc) is 2.48. The maximum atomic E-state index is 4.40. The number of fused-ring (bicyclic) bond motifs is 1. The molecule has 2 heteroatoms. The molecule has 1 aromatic heterocycles. The second-order valence-corrected chi connectivity index (χ2v) is 2.95. The van der Waals surface area contributed by atoms with Gasteiger partial charge in [0.15, 0.2) is 0 Å². The van der Waals surface area contributed by atoms with Crippen LogP contribution >= 0.6 is 0 Å². The van der Waals surface area contributed by atoms with E-state index in [9.17, 15) is 0 Å². The molecule has 1 aromatic rings. The van der Waals surface area contributed by atoms with Crippen LogP contribution in [0, 0.1) is 6.92 Å². The Balaban J connectivity index is 0.000000336. The molecule has 2 rings (SSSR count). The Morgan fingerprint density at radius 3 is 2.50 bits per heavy atom. The molecule has 1 N–H and O–H groups in total. The van der Waals surface area contributed by atoms with Crippen LogP contribution in [0.15, 0.2) is 0 Å². The molecular formula is C10H18N2. The molecule has 0 spiro atoms. The molecule has 0 atom stereocenters. The number of rotatable bonds is 0. The van der Waals surface area contributed by atoms with Gasteiger partial charge in [-0.25, -0.2) is 4.98 Å². The van der Waals surface area contributed by atoms with Crippen molar-refractivity contribution in [2.24, 2.45) is 0 Å². The quantitative estimate of drug-likeness (QED) is 0.630. The van der Waals surface area contributed by atoms with E-state index in [0.717, 1.165) is 5.82 Å². The van der Waals surface area contributed by atoms with Crippen LogP contribution in [0.4, 0.5) is 0 Å². The monoisotopic (exact) mass is 166 g/mol. The van der Waals surface area contributed by atoms with E-state index in [1.54, 1.807) is 0 Å². The van der Waals surface area contributed by atoms with Gasteiger partial charge in [0.2, 0.25) is 0 Å². The molecule has 12 heavy (non-hydrogen) atoms. The summed E-state index contributed by atoms with van der Waals surface area (Å²) >= 11 is 0. The van der Waals surface area contributed by atoms with Gasteiger partial charge in [0.25, 0.3) is 0 Å². The topological polar surface area (TPSA) is 28.7 Å².